The largest absolute Gasteiger partial charge is 0.508 e. The summed E-state index contributed by atoms with van der Waals surface area (Å²) in [5, 5.41) is 9.25. The molecule has 4 heteroatoms. The van der Waals surface area contributed by atoms with Gasteiger partial charge in [-0.1, -0.05) is 24.3 Å². The van der Waals surface area contributed by atoms with Crippen molar-refractivity contribution in [2.75, 3.05) is 0 Å². The molecule has 0 unspecified atom stereocenters. The van der Waals surface area contributed by atoms with E-state index in [1.54, 1.807) is 12.1 Å². The van der Waals surface area contributed by atoms with Gasteiger partial charge in [0.2, 0.25) is 0 Å². The van der Waals surface area contributed by atoms with Gasteiger partial charge in [0.05, 0.1) is 0 Å². The molecule has 0 radical (unpaired) electrons. The molecule has 0 aliphatic heterocycles. The van der Waals surface area contributed by atoms with E-state index in [0.29, 0.717) is 11.1 Å². The van der Waals surface area contributed by atoms with E-state index in [-0.39, 0.29) is 11.5 Å². The minimum Gasteiger partial charge on any atom is -0.508 e. The fourth-order valence-corrected chi connectivity index (χ4v) is 1.54. The number of aromatic hydroxyl groups is 1. The first-order valence-corrected chi connectivity index (χ1v) is 5.53. The van der Waals surface area contributed by atoms with E-state index >= 15 is 0 Å². The number of benzene rings is 2. The van der Waals surface area contributed by atoms with Crippen LogP contribution in [0.25, 0.3) is 6.08 Å². The monoisotopic (exact) mass is 260 g/mol. The Kier molecular flexibility index (Phi) is 3.71. The number of carbonyl (C=O) groups excluding carboxylic acids is 1. The van der Waals surface area contributed by atoms with E-state index < -0.39 is 11.6 Å². The molecule has 0 atom stereocenters. The quantitative estimate of drug-likeness (QED) is 0.676. The molecule has 0 saturated carbocycles. The van der Waals surface area contributed by atoms with E-state index in [2.05, 4.69) is 0 Å². The Hall–Kier alpha value is -2.49. The zero-order valence-corrected chi connectivity index (χ0v) is 9.81. The fraction of sp³-hybridized carbons (Fsp3) is 0. The highest BCUT2D eigenvalue weighted by Gasteiger charge is 2.03. The van der Waals surface area contributed by atoms with Gasteiger partial charge in [0.25, 0.3) is 0 Å². The molecule has 0 aromatic heterocycles. The summed E-state index contributed by atoms with van der Waals surface area (Å²) in [6.07, 6.45) is 2.62. The standard InChI is InChI=1S/C15H10F2O2/c16-13-6-4-10(8-14(13)17)5-7-15(19)11-2-1-3-12(18)9-11/h1-9,18H/b7-5+. The maximum absolute atomic E-state index is 13.0. The average molecular weight is 260 g/mol. The van der Waals surface area contributed by atoms with Crippen molar-refractivity contribution >= 4 is 11.9 Å². The topological polar surface area (TPSA) is 37.3 Å². The van der Waals surface area contributed by atoms with Crippen LogP contribution in [0.4, 0.5) is 8.78 Å². The van der Waals surface area contributed by atoms with Crippen molar-refractivity contribution in [3.8, 4) is 5.75 Å². The normalized spacial score (nSPS) is 10.8. The molecule has 2 aromatic carbocycles. The molecule has 2 aromatic rings. The lowest BCUT2D eigenvalue weighted by Gasteiger charge is -1.98. The Labute approximate surface area is 108 Å². The van der Waals surface area contributed by atoms with Crippen LogP contribution >= 0.6 is 0 Å². The van der Waals surface area contributed by atoms with E-state index in [4.69, 9.17) is 0 Å². The van der Waals surface area contributed by atoms with Crippen molar-refractivity contribution in [1.82, 2.24) is 0 Å². The summed E-state index contributed by atoms with van der Waals surface area (Å²) < 4.78 is 25.7. The minimum atomic E-state index is -0.966. The summed E-state index contributed by atoms with van der Waals surface area (Å²) in [5.41, 5.74) is 0.700. The molecule has 1 N–H and O–H groups in total. The number of allylic oxidation sites excluding steroid dienone is 1. The van der Waals surface area contributed by atoms with Crippen LogP contribution in [-0.4, -0.2) is 10.9 Å². The van der Waals surface area contributed by atoms with Crippen molar-refractivity contribution in [3.05, 3.63) is 71.3 Å². The first kappa shape index (κ1) is 13.0. The molecule has 2 rings (SSSR count). The lowest BCUT2D eigenvalue weighted by molar-refractivity contribution is 0.104. The second kappa shape index (κ2) is 5.44. The predicted molar refractivity (Wildman–Crippen MR) is 67.8 cm³/mol. The molecule has 0 fully saturated rings. The van der Waals surface area contributed by atoms with E-state index in [1.807, 2.05) is 0 Å². The highest BCUT2D eigenvalue weighted by molar-refractivity contribution is 6.07. The van der Waals surface area contributed by atoms with Gasteiger partial charge in [0.1, 0.15) is 5.75 Å². The third kappa shape index (κ3) is 3.25. The van der Waals surface area contributed by atoms with Gasteiger partial charge in [0, 0.05) is 5.56 Å². The van der Waals surface area contributed by atoms with E-state index in [1.165, 1.54) is 30.4 Å². The molecule has 0 aliphatic carbocycles. The summed E-state index contributed by atoms with van der Waals surface area (Å²) >= 11 is 0. The second-order valence-electron chi connectivity index (χ2n) is 3.92. The van der Waals surface area contributed by atoms with Crippen LogP contribution in [0.1, 0.15) is 15.9 Å². The van der Waals surface area contributed by atoms with Crippen LogP contribution in [0.2, 0.25) is 0 Å². The van der Waals surface area contributed by atoms with Crippen LogP contribution in [0, 0.1) is 11.6 Å². The number of rotatable bonds is 3. The summed E-state index contributed by atoms with van der Waals surface area (Å²) in [4.78, 5) is 11.8. The summed E-state index contributed by atoms with van der Waals surface area (Å²) in [6, 6.07) is 9.25. The number of phenolic OH excluding ortho intramolecular Hbond substituents is 1. The number of hydrogen-bond acceptors (Lipinski definition) is 2. The van der Waals surface area contributed by atoms with E-state index in [0.717, 1.165) is 12.1 Å². The smallest absolute Gasteiger partial charge is 0.185 e. The molecule has 0 aliphatic rings. The number of phenols is 1. The highest BCUT2D eigenvalue weighted by Crippen LogP contribution is 2.13. The number of hydrogen-bond donors (Lipinski definition) is 1. The van der Waals surface area contributed by atoms with Gasteiger partial charge in [-0.05, 0) is 35.9 Å². The molecular weight excluding hydrogens is 250 g/mol. The lowest BCUT2D eigenvalue weighted by Crippen LogP contribution is -1.93. The van der Waals surface area contributed by atoms with Gasteiger partial charge in [0.15, 0.2) is 17.4 Å². The molecule has 2 nitrogen and oxygen atoms in total. The van der Waals surface area contributed by atoms with Crippen molar-refractivity contribution in [3.63, 3.8) is 0 Å². The Morgan fingerprint density at radius 3 is 2.53 bits per heavy atom. The SMILES string of the molecule is O=C(/C=C/c1ccc(F)c(F)c1)c1cccc(O)c1. The lowest BCUT2D eigenvalue weighted by atomic mass is 10.1. The van der Waals surface area contributed by atoms with Crippen molar-refractivity contribution in [1.29, 1.82) is 0 Å². The average Bonchev–Trinajstić information content (AvgIpc) is 2.40. The van der Waals surface area contributed by atoms with Gasteiger partial charge >= 0.3 is 0 Å². The highest BCUT2D eigenvalue weighted by atomic mass is 19.2. The van der Waals surface area contributed by atoms with Crippen LogP contribution in [0.3, 0.4) is 0 Å². The van der Waals surface area contributed by atoms with Crippen molar-refractivity contribution in [2.24, 2.45) is 0 Å². The maximum atomic E-state index is 13.0. The Balaban J connectivity index is 2.18. The summed E-state index contributed by atoms with van der Waals surface area (Å²) in [5.74, 6) is -2.24. The number of ketones is 1. The predicted octanol–water partition coefficient (Wildman–Crippen LogP) is 3.57. The third-order valence-electron chi connectivity index (χ3n) is 2.50. The summed E-state index contributed by atoms with van der Waals surface area (Å²) in [6.45, 7) is 0. The van der Waals surface area contributed by atoms with Crippen LogP contribution < -0.4 is 0 Å². The Bertz CT molecular complexity index is 648. The third-order valence-corrected chi connectivity index (χ3v) is 2.50. The molecule has 0 bridgehead atoms. The molecule has 19 heavy (non-hydrogen) atoms. The van der Waals surface area contributed by atoms with Crippen LogP contribution in [-0.2, 0) is 0 Å². The van der Waals surface area contributed by atoms with E-state index in [9.17, 15) is 18.7 Å². The van der Waals surface area contributed by atoms with Gasteiger partial charge in [-0.15, -0.1) is 0 Å². The first-order valence-electron chi connectivity index (χ1n) is 5.53. The molecule has 96 valence electrons. The van der Waals surface area contributed by atoms with Gasteiger partial charge in [-0.25, -0.2) is 8.78 Å². The Morgan fingerprint density at radius 2 is 1.84 bits per heavy atom. The first-order chi connectivity index (χ1) is 9.06. The van der Waals surface area contributed by atoms with Crippen molar-refractivity contribution in [2.45, 2.75) is 0 Å². The molecular formula is C15H10F2O2. The molecule has 0 amide bonds. The molecule has 0 saturated heterocycles. The number of halogens is 2. The van der Waals surface area contributed by atoms with Gasteiger partial charge in [-0.3, -0.25) is 4.79 Å². The van der Waals surface area contributed by atoms with Crippen molar-refractivity contribution < 1.29 is 18.7 Å². The molecule has 0 heterocycles. The zero-order chi connectivity index (χ0) is 13.8. The number of carbonyl (C=O) groups is 1. The van der Waals surface area contributed by atoms with Crippen LogP contribution in [0.15, 0.2) is 48.5 Å². The minimum absolute atomic E-state index is 0.00734. The second-order valence-corrected chi connectivity index (χ2v) is 3.92. The Morgan fingerprint density at radius 1 is 1.05 bits per heavy atom. The molecule has 0 spiro atoms. The summed E-state index contributed by atoms with van der Waals surface area (Å²) in [7, 11) is 0. The van der Waals surface area contributed by atoms with Crippen LogP contribution in [0.5, 0.6) is 5.75 Å². The van der Waals surface area contributed by atoms with Gasteiger partial charge < -0.3 is 5.11 Å². The zero-order valence-electron chi connectivity index (χ0n) is 9.81. The maximum Gasteiger partial charge on any atom is 0.185 e. The fourth-order valence-electron chi connectivity index (χ4n) is 1.54. The van der Waals surface area contributed by atoms with Gasteiger partial charge in [-0.2, -0.15) is 0 Å².